The minimum Gasteiger partial charge on any atom is -0.462 e. The zero-order valence-corrected chi connectivity index (χ0v) is 65.2. The van der Waals surface area contributed by atoms with Crippen molar-refractivity contribution in [3.63, 3.8) is 0 Å². The van der Waals surface area contributed by atoms with E-state index in [0.717, 1.165) is 115 Å². The zero-order chi connectivity index (χ0) is 71.4. The van der Waals surface area contributed by atoms with Crippen molar-refractivity contribution < 1.29 is 80.2 Å². The van der Waals surface area contributed by atoms with E-state index in [1.54, 1.807) is 0 Å². The Kier molecular flexibility index (Phi) is 68.4. The second kappa shape index (κ2) is 69.8. The number of hydrogen-bond donors (Lipinski definition) is 3. The van der Waals surface area contributed by atoms with Crippen molar-refractivity contribution in [1.29, 1.82) is 0 Å². The van der Waals surface area contributed by atoms with Gasteiger partial charge < -0.3 is 33.8 Å². The summed E-state index contributed by atoms with van der Waals surface area (Å²) in [6, 6.07) is 0. The van der Waals surface area contributed by atoms with Crippen molar-refractivity contribution >= 4 is 39.5 Å². The first-order valence-electron chi connectivity index (χ1n) is 40.5. The van der Waals surface area contributed by atoms with Gasteiger partial charge in [-0.1, -0.05) is 356 Å². The molecule has 19 heteroatoms. The highest BCUT2D eigenvalue weighted by Crippen LogP contribution is 2.45. The molecule has 0 saturated heterocycles. The van der Waals surface area contributed by atoms with Crippen molar-refractivity contribution in [2.45, 2.75) is 426 Å². The van der Waals surface area contributed by atoms with Gasteiger partial charge in [0.1, 0.15) is 19.3 Å². The second-order valence-electron chi connectivity index (χ2n) is 29.1. The van der Waals surface area contributed by atoms with E-state index in [9.17, 15) is 43.2 Å². The molecule has 0 aromatic carbocycles. The van der Waals surface area contributed by atoms with Crippen LogP contribution in [-0.2, 0) is 65.4 Å². The Bertz CT molecular complexity index is 1870. The first kappa shape index (κ1) is 95.1. The number of aliphatic hydroxyl groups is 1. The lowest BCUT2D eigenvalue weighted by atomic mass is 10.0. The monoisotopic (exact) mass is 1420 g/mol. The number of ether oxygens (including phenoxy) is 4. The minimum absolute atomic E-state index is 0.106. The molecular weight excluding hydrogens is 1270 g/mol. The molecule has 0 aromatic heterocycles. The SMILES string of the molecule is CCCCCCCCCCCCCCCCCCCCCCCCC(=O)O[C@H](COC(=O)CCCCCCCCCCCCCCC(C)C)COP(=O)(O)OC[C@@H](O)COP(=O)(O)OC[C@@H](COC(=O)CCCCCCCCC)OC(=O)CCCCCCCCCCCCC(C)C. The van der Waals surface area contributed by atoms with Crippen LogP contribution >= 0.6 is 15.6 Å². The molecule has 0 spiro atoms. The predicted octanol–water partition coefficient (Wildman–Crippen LogP) is 23.1. The first-order chi connectivity index (χ1) is 46.9. The molecule has 0 aliphatic heterocycles. The van der Waals surface area contributed by atoms with Crippen LogP contribution in [-0.4, -0.2) is 96.7 Å². The molecule has 0 heterocycles. The number of phosphoric ester groups is 2. The minimum atomic E-state index is -4.96. The van der Waals surface area contributed by atoms with Gasteiger partial charge in [0.25, 0.3) is 0 Å². The quantitative estimate of drug-likeness (QED) is 0.0222. The molecular formula is C78H152O17P2. The van der Waals surface area contributed by atoms with E-state index in [-0.39, 0.29) is 25.7 Å². The Balaban J connectivity index is 5.16. The number of carbonyl (C=O) groups excluding carboxylic acids is 4. The summed E-state index contributed by atoms with van der Waals surface area (Å²) < 4.78 is 68.5. The van der Waals surface area contributed by atoms with Crippen LogP contribution in [0.2, 0.25) is 0 Å². The maximum absolute atomic E-state index is 13.1. The van der Waals surface area contributed by atoms with Gasteiger partial charge in [-0.3, -0.25) is 37.3 Å². The predicted molar refractivity (Wildman–Crippen MR) is 395 cm³/mol. The summed E-state index contributed by atoms with van der Waals surface area (Å²) in [4.78, 5) is 72.7. The third kappa shape index (κ3) is 72.2. The van der Waals surface area contributed by atoms with Crippen LogP contribution in [0.25, 0.3) is 0 Å². The lowest BCUT2D eigenvalue weighted by molar-refractivity contribution is -0.161. The average molecular weight is 1420 g/mol. The van der Waals surface area contributed by atoms with E-state index in [0.29, 0.717) is 25.7 Å². The van der Waals surface area contributed by atoms with Gasteiger partial charge in [0, 0.05) is 25.7 Å². The van der Waals surface area contributed by atoms with Crippen molar-refractivity contribution in [2.24, 2.45) is 11.8 Å². The van der Waals surface area contributed by atoms with Crippen LogP contribution in [0.1, 0.15) is 408 Å². The molecule has 5 atom stereocenters. The Morgan fingerprint density at radius 3 is 0.701 bits per heavy atom. The second-order valence-corrected chi connectivity index (χ2v) is 32.0. The maximum Gasteiger partial charge on any atom is 0.472 e. The standard InChI is InChI=1S/C78H152O17P2/c1-7-9-11-13-15-16-17-18-19-20-21-22-23-24-25-26-27-32-38-44-50-56-62-77(82)95-74(67-89-76(81)61-55-49-43-37-31-29-28-30-35-41-46-52-58-70(3)4)69-93-97(86,87)91-65-72(79)64-90-96(84,85)92-68-73(66-88-75(80)60-54-48-40-14-12-10-8-2)94-78(83)63-57-51-45-39-34-33-36-42-47-53-59-71(5)6/h70-74,79H,7-69H2,1-6H3,(H,84,85)(H,86,87)/t72-,73+,74+/m0/s1. The van der Waals surface area contributed by atoms with Gasteiger partial charge in [-0.25, -0.2) is 9.13 Å². The fourth-order valence-electron chi connectivity index (χ4n) is 12.0. The van der Waals surface area contributed by atoms with Gasteiger partial charge in [0.15, 0.2) is 12.2 Å². The van der Waals surface area contributed by atoms with Crippen molar-refractivity contribution in [3.05, 3.63) is 0 Å². The Morgan fingerprint density at radius 1 is 0.278 bits per heavy atom. The summed E-state index contributed by atoms with van der Waals surface area (Å²) in [6.07, 6.45) is 58.6. The number of unbranched alkanes of at least 4 members (excludes halogenated alkanes) is 47. The highest BCUT2D eigenvalue weighted by Gasteiger charge is 2.30. The maximum atomic E-state index is 13.1. The van der Waals surface area contributed by atoms with E-state index in [1.807, 2.05) is 0 Å². The zero-order valence-electron chi connectivity index (χ0n) is 63.4. The smallest absolute Gasteiger partial charge is 0.462 e. The molecule has 2 unspecified atom stereocenters. The molecule has 0 saturated carbocycles. The van der Waals surface area contributed by atoms with Gasteiger partial charge in [0.05, 0.1) is 26.4 Å². The third-order valence-corrected chi connectivity index (χ3v) is 20.1. The first-order valence-corrected chi connectivity index (χ1v) is 43.5. The number of esters is 4. The Morgan fingerprint density at radius 2 is 0.474 bits per heavy atom. The molecule has 576 valence electrons. The summed E-state index contributed by atoms with van der Waals surface area (Å²) in [7, 11) is -9.91. The summed E-state index contributed by atoms with van der Waals surface area (Å²) in [5.41, 5.74) is 0. The molecule has 0 fully saturated rings. The van der Waals surface area contributed by atoms with Crippen LogP contribution in [0.3, 0.4) is 0 Å². The Hall–Kier alpha value is -1.94. The number of rotatable bonds is 77. The van der Waals surface area contributed by atoms with Crippen molar-refractivity contribution in [3.8, 4) is 0 Å². The molecule has 0 aromatic rings. The summed E-state index contributed by atoms with van der Waals surface area (Å²) in [5, 5.41) is 10.6. The van der Waals surface area contributed by atoms with Gasteiger partial charge >= 0.3 is 39.5 Å². The van der Waals surface area contributed by atoms with E-state index in [1.165, 1.54) is 212 Å². The highest BCUT2D eigenvalue weighted by molar-refractivity contribution is 7.47. The summed E-state index contributed by atoms with van der Waals surface area (Å²) in [6.45, 7) is 9.56. The van der Waals surface area contributed by atoms with Crippen LogP contribution in [0.5, 0.6) is 0 Å². The lowest BCUT2D eigenvalue weighted by Crippen LogP contribution is -2.30. The number of hydrogen-bond acceptors (Lipinski definition) is 15. The fraction of sp³-hybridized carbons (Fsp3) is 0.949. The largest absolute Gasteiger partial charge is 0.472 e. The van der Waals surface area contributed by atoms with Crippen molar-refractivity contribution in [2.75, 3.05) is 39.6 Å². The van der Waals surface area contributed by atoms with E-state index < -0.39 is 97.5 Å². The van der Waals surface area contributed by atoms with Crippen molar-refractivity contribution in [1.82, 2.24) is 0 Å². The van der Waals surface area contributed by atoms with Gasteiger partial charge in [-0.15, -0.1) is 0 Å². The normalized spacial score (nSPS) is 14.0. The van der Waals surface area contributed by atoms with Gasteiger partial charge in [0.2, 0.25) is 0 Å². The molecule has 17 nitrogen and oxygen atoms in total. The molecule has 3 N–H and O–H groups in total. The summed E-state index contributed by atoms with van der Waals surface area (Å²) in [5.74, 6) is -0.585. The van der Waals surface area contributed by atoms with Crippen LogP contribution < -0.4 is 0 Å². The van der Waals surface area contributed by atoms with E-state index in [4.69, 9.17) is 37.0 Å². The molecule has 0 radical (unpaired) electrons. The van der Waals surface area contributed by atoms with Gasteiger partial charge in [-0.2, -0.15) is 0 Å². The average Bonchev–Trinajstić information content (AvgIpc) is 1.77. The molecule has 97 heavy (non-hydrogen) atoms. The molecule has 0 rings (SSSR count). The molecule has 0 aliphatic rings. The van der Waals surface area contributed by atoms with E-state index >= 15 is 0 Å². The fourth-order valence-corrected chi connectivity index (χ4v) is 13.6. The Labute approximate surface area is 594 Å². The van der Waals surface area contributed by atoms with Crippen LogP contribution in [0, 0.1) is 11.8 Å². The number of carbonyl (C=O) groups is 4. The number of aliphatic hydroxyl groups excluding tert-OH is 1. The van der Waals surface area contributed by atoms with Crippen LogP contribution in [0.15, 0.2) is 0 Å². The highest BCUT2D eigenvalue weighted by atomic mass is 31.2. The van der Waals surface area contributed by atoms with E-state index in [2.05, 4.69) is 41.5 Å². The summed E-state index contributed by atoms with van der Waals surface area (Å²) >= 11 is 0. The topological polar surface area (TPSA) is 237 Å². The molecule has 0 aliphatic carbocycles. The third-order valence-electron chi connectivity index (χ3n) is 18.2. The number of phosphoric acid groups is 2. The van der Waals surface area contributed by atoms with Crippen LogP contribution in [0.4, 0.5) is 0 Å². The lowest BCUT2D eigenvalue weighted by Gasteiger charge is -2.21. The molecule has 0 amide bonds. The van der Waals surface area contributed by atoms with Gasteiger partial charge in [-0.05, 0) is 37.5 Å². The molecule has 0 bridgehead atoms.